The van der Waals surface area contributed by atoms with E-state index in [4.69, 9.17) is 4.42 Å². The van der Waals surface area contributed by atoms with E-state index in [9.17, 15) is 18.8 Å². The second-order valence-electron chi connectivity index (χ2n) is 6.42. The number of oxazole rings is 1. The minimum atomic E-state index is -0.605. The molecule has 3 rings (SSSR count). The second-order valence-corrected chi connectivity index (χ2v) is 6.42. The molecule has 0 bridgehead atoms. The lowest BCUT2D eigenvalue weighted by atomic mass is 10.1. The SMILES string of the molecule is O=C(CCCF)Nc1ccc2oc(=O)n(CC(=O)N3CCCCC3)c2c1. The number of benzene rings is 1. The highest BCUT2D eigenvalue weighted by molar-refractivity contribution is 5.93. The van der Waals surface area contributed by atoms with Gasteiger partial charge in [-0.15, -0.1) is 0 Å². The summed E-state index contributed by atoms with van der Waals surface area (Å²) in [6.45, 7) is 0.774. The highest BCUT2D eigenvalue weighted by atomic mass is 19.1. The topological polar surface area (TPSA) is 84.5 Å². The lowest BCUT2D eigenvalue weighted by Crippen LogP contribution is -2.39. The fraction of sp³-hybridized carbons (Fsp3) is 0.500. The van der Waals surface area contributed by atoms with Crippen molar-refractivity contribution in [3.63, 3.8) is 0 Å². The van der Waals surface area contributed by atoms with Crippen LogP contribution in [0.4, 0.5) is 10.1 Å². The molecule has 2 amide bonds. The van der Waals surface area contributed by atoms with Crippen molar-refractivity contribution in [2.24, 2.45) is 0 Å². The molecular formula is C18H22FN3O4. The Bertz CT molecular complexity index is 852. The Morgan fingerprint density at radius 2 is 1.96 bits per heavy atom. The minimum Gasteiger partial charge on any atom is -0.408 e. The highest BCUT2D eigenvalue weighted by Crippen LogP contribution is 2.19. The summed E-state index contributed by atoms with van der Waals surface area (Å²) >= 11 is 0. The summed E-state index contributed by atoms with van der Waals surface area (Å²) in [6, 6.07) is 4.77. The molecule has 1 saturated heterocycles. The first kappa shape index (κ1) is 18.2. The van der Waals surface area contributed by atoms with Crippen LogP contribution in [0.25, 0.3) is 11.1 Å². The number of piperidine rings is 1. The number of rotatable bonds is 6. The van der Waals surface area contributed by atoms with E-state index in [2.05, 4.69) is 5.32 Å². The number of carbonyl (C=O) groups excluding carboxylic acids is 2. The van der Waals surface area contributed by atoms with Gasteiger partial charge in [0.1, 0.15) is 6.54 Å². The summed E-state index contributed by atoms with van der Waals surface area (Å²) in [7, 11) is 0. The first-order chi connectivity index (χ1) is 12.6. The Morgan fingerprint density at radius 3 is 2.69 bits per heavy atom. The van der Waals surface area contributed by atoms with Gasteiger partial charge in [-0.25, -0.2) is 4.79 Å². The fourth-order valence-electron chi connectivity index (χ4n) is 3.12. The van der Waals surface area contributed by atoms with Crippen LogP contribution >= 0.6 is 0 Å². The van der Waals surface area contributed by atoms with Gasteiger partial charge in [0.25, 0.3) is 0 Å². The van der Waals surface area contributed by atoms with Crippen LogP contribution in [0.2, 0.25) is 0 Å². The van der Waals surface area contributed by atoms with Crippen LogP contribution < -0.4 is 11.1 Å². The van der Waals surface area contributed by atoms with Gasteiger partial charge < -0.3 is 14.6 Å². The molecule has 0 saturated carbocycles. The molecule has 1 aliphatic heterocycles. The zero-order valence-corrected chi connectivity index (χ0v) is 14.5. The van der Waals surface area contributed by atoms with Crippen molar-refractivity contribution in [3.8, 4) is 0 Å². The smallest absolute Gasteiger partial charge is 0.408 e. The number of aromatic nitrogens is 1. The standard InChI is InChI=1S/C18H22FN3O4/c19-8-4-5-16(23)20-13-6-7-15-14(11-13)22(18(25)26-15)12-17(24)21-9-2-1-3-10-21/h6-7,11H,1-5,8-10,12H2,(H,20,23). The van der Waals surface area contributed by atoms with Crippen molar-refractivity contribution in [1.29, 1.82) is 0 Å². The number of nitrogens with zero attached hydrogens (tertiary/aromatic N) is 2. The number of anilines is 1. The number of nitrogens with one attached hydrogen (secondary N) is 1. The molecule has 2 heterocycles. The average molecular weight is 363 g/mol. The summed E-state index contributed by atoms with van der Waals surface area (Å²) in [5.41, 5.74) is 1.27. The predicted octanol–water partition coefficient (Wildman–Crippen LogP) is 2.30. The first-order valence-corrected chi connectivity index (χ1v) is 8.85. The molecule has 0 unspecified atom stereocenters. The number of carbonyl (C=O) groups is 2. The summed E-state index contributed by atoms with van der Waals surface area (Å²) in [6.07, 6.45) is 3.31. The molecule has 1 N–H and O–H groups in total. The van der Waals surface area contributed by atoms with Gasteiger partial charge in [-0.1, -0.05) is 0 Å². The highest BCUT2D eigenvalue weighted by Gasteiger charge is 2.20. The lowest BCUT2D eigenvalue weighted by Gasteiger charge is -2.26. The van der Waals surface area contributed by atoms with Crippen molar-refractivity contribution in [2.45, 2.75) is 38.6 Å². The van der Waals surface area contributed by atoms with E-state index >= 15 is 0 Å². The van der Waals surface area contributed by atoms with Crippen LogP contribution in [0.1, 0.15) is 32.1 Å². The van der Waals surface area contributed by atoms with Gasteiger partial charge in [0.15, 0.2) is 5.58 Å². The normalized spacial score (nSPS) is 14.6. The molecule has 1 aromatic heterocycles. The molecular weight excluding hydrogens is 341 g/mol. The van der Waals surface area contributed by atoms with E-state index in [-0.39, 0.29) is 31.2 Å². The van der Waals surface area contributed by atoms with Gasteiger partial charge in [-0.05, 0) is 43.9 Å². The van der Waals surface area contributed by atoms with Crippen LogP contribution in [0, 0.1) is 0 Å². The molecule has 0 atom stereocenters. The maximum atomic E-state index is 12.5. The van der Waals surface area contributed by atoms with Crippen molar-refractivity contribution >= 4 is 28.6 Å². The van der Waals surface area contributed by atoms with Gasteiger partial charge in [0.2, 0.25) is 11.8 Å². The molecule has 2 aromatic rings. The predicted molar refractivity (Wildman–Crippen MR) is 94.7 cm³/mol. The van der Waals surface area contributed by atoms with Gasteiger partial charge in [-0.2, -0.15) is 0 Å². The van der Waals surface area contributed by atoms with E-state index < -0.39 is 12.4 Å². The van der Waals surface area contributed by atoms with Gasteiger partial charge in [0, 0.05) is 25.2 Å². The Balaban J connectivity index is 1.79. The first-order valence-electron chi connectivity index (χ1n) is 8.85. The Hall–Kier alpha value is -2.64. The Labute approximate surface area is 149 Å². The summed E-state index contributed by atoms with van der Waals surface area (Å²) in [4.78, 5) is 38.1. The Morgan fingerprint density at radius 1 is 1.19 bits per heavy atom. The molecule has 0 aliphatic carbocycles. The molecule has 0 spiro atoms. The van der Waals surface area contributed by atoms with Crippen molar-refractivity contribution < 1.29 is 18.4 Å². The Kier molecular flexibility index (Phi) is 5.70. The quantitative estimate of drug-likeness (QED) is 0.853. The van der Waals surface area contributed by atoms with E-state index in [1.807, 2.05) is 0 Å². The second kappa shape index (κ2) is 8.16. The number of alkyl halides is 1. The van der Waals surface area contributed by atoms with E-state index in [0.717, 1.165) is 19.3 Å². The minimum absolute atomic E-state index is 0.0835. The molecule has 8 heteroatoms. The van der Waals surface area contributed by atoms with Crippen molar-refractivity contribution in [2.75, 3.05) is 25.1 Å². The fourth-order valence-corrected chi connectivity index (χ4v) is 3.12. The van der Waals surface area contributed by atoms with Gasteiger partial charge in [-0.3, -0.25) is 18.5 Å². The van der Waals surface area contributed by atoms with Crippen molar-refractivity contribution in [1.82, 2.24) is 9.47 Å². The maximum absolute atomic E-state index is 12.5. The molecule has 26 heavy (non-hydrogen) atoms. The number of halogens is 1. The summed E-state index contributed by atoms with van der Waals surface area (Å²) in [5, 5.41) is 2.66. The third kappa shape index (κ3) is 4.12. The number of hydrogen-bond acceptors (Lipinski definition) is 4. The largest absolute Gasteiger partial charge is 0.420 e. The molecule has 1 fully saturated rings. The molecule has 0 radical (unpaired) electrons. The number of likely N-dealkylation sites (tertiary alicyclic amines) is 1. The molecule has 7 nitrogen and oxygen atoms in total. The molecule has 140 valence electrons. The lowest BCUT2D eigenvalue weighted by molar-refractivity contribution is -0.132. The third-order valence-corrected chi connectivity index (χ3v) is 4.49. The third-order valence-electron chi connectivity index (χ3n) is 4.49. The van der Waals surface area contributed by atoms with Gasteiger partial charge >= 0.3 is 5.76 Å². The zero-order chi connectivity index (χ0) is 18.5. The monoisotopic (exact) mass is 363 g/mol. The van der Waals surface area contributed by atoms with Crippen LogP contribution in [0.5, 0.6) is 0 Å². The molecule has 1 aromatic carbocycles. The van der Waals surface area contributed by atoms with Crippen LogP contribution in [-0.4, -0.2) is 41.0 Å². The summed E-state index contributed by atoms with van der Waals surface area (Å²) < 4.78 is 18.6. The maximum Gasteiger partial charge on any atom is 0.420 e. The van der Waals surface area contributed by atoms with E-state index in [1.54, 1.807) is 23.1 Å². The van der Waals surface area contributed by atoms with Crippen LogP contribution in [0.15, 0.2) is 27.4 Å². The number of hydrogen-bond donors (Lipinski definition) is 1. The number of amides is 2. The zero-order valence-electron chi connectivity index (χ0n) is 14.5. The van der Waals surface area contributed by atoms with Crippen molar-refractivity contribution in [3.05, 3.63) is 28.7 Å². The van der Waals surface area contributed by atoms with Crippen LogP contribution in [0.3, 0.4) is 0 Å². The van der Waals surface area contributed by atoms with Crippen LogP contribution in [-0.2, 0) is 16.1 Å². The van der Waals surface area contributed by atoms with E-state index in [1.165, 1.54) is 4.57 Å². The van der Waals surface area contributed by atoms with Gasteiger partial charge in [0.05, 0.1) is 12.2 Å². The molecule has 1 aliphatic rings. The summed E-state index contributed by atoms with van der Waals surface area (Å²) in [5.74, 6) is -1.03. The number of fused-ring (bicyclic) bond motifs is 1. The van der Waals surface area contributed by atoms with E-state index in [0.29, 0.717) is 29.9 Å². The average Bonchev–Trinajstić information content (AvgIpc) is 2.95.